The predicted octanol–water partition coefficient (Wildman–Crippen LogP) is 4.96. The third kappa shape index (κ3) is 4.73. The van der Waals surface area contributed by atoms with Crippen molar-refractivity contribution in [2.75, 3.05) is 10.5 Å². The summed E-state index contributed by atoms with van der Waals surface area (Å²) in [5, 5.41) is 2.08. The van der Waals surface area contributed by atoms with E-state index in [9.17, 15) is 8.42 Å². The first-order valence-corrected chi connectivity index (χ1v) is 10.3. The number of hydrogen-bond acceptors (Lipinski definition) is 4. The standard InChI is InChI=1S/C20H22N2O3S/c1-2-3-6-14-26(23,24)22-17-12-13-20(21-15-17)25-19-11-7-9-16-8-4-5-10-18(16)19/h4-5,7-13,15,22H,2-3,6,14H2,1H3. The summed E-state index contributed by atoms with van der Waals surface area (Å²) in [5.74, 6) is 1.24. The number of nitrogens with zero attached hydrogens (tertiary/aromatic N) is 1. The summed E-state index contributed by atoms with van der Waals surface area (Å²) in [6.45, 7) is 2.04. The molecule has 3 aromatic rings. The number of nitrogens with one attached hydrogen (secondary N) is 1. The molecule has 0 saturated heterocycles. The van der Waals surface area contributed by atoms with Crippen LogP contribution < -0.4 is 9.46 Å². The minimum Gasteiger partial charge on any atom is -0.438 e. The summed E-state index contributed by atoms with van der Waals surface area (Å²) < 4.78 is 32.5. The monoisotopic (exact) mass is 370 g/mol. The summed E-state index contributed by atoms with van der Waals surface area (Å²) in [4.78, 5) is 4.21. The maximum Gasteiger partial charge on any atom is 0.232 e. The Balaban J connectivity index is 1.70. The van der Waals surface area contributed by atoms with Crippen LogP contribution >= 0.6 is 0 Å². The molecule has 1 aromatic heterocycles. The summed E-state index contributed by atoms with van der Waals surface area (Å²) in [7, 11) is -3.34. The number of ether oxygens (including phenoxy) is 1. The van der Waals surface area contributed by atoms with Gasteiger partial charge in [0, 0.05) is 11.5 Å². The second-order valence-electron chi connectivity index (χ2n) is 6.09. The van der Waals surface area contributed by atoms with Gasteiger partial charge in [0.1, 0.15) is 5.75 Å². The molecule has 0 aliphatic heterocycles. The molecule has 1 heterocycles. The molecule has 0 radical (unpaired) electrons. The molecule has 1 N–H and O–H groups in total. The number of benzene rings is 2. The minimum absolute atomic E-state index is 0.120. The van der Waals surface area contributed by atoms with Crippen LogP contribution in [0.3, 0.4) is 0 Å². The van der Waals surface area contributed by atoms with Crippen molar-refractivity contribution in [3.63, 3.8) is 0 Å². The fourth-order valence-corrected chi connectivity index (χ4v) is 3.84. The molecule has 2 aromatic carbocycles. The van der Waals surface area contributed by atoms with E-state index >= 15 is 0 Å². The fraction of sp³-hybridized carbons (Fsp3) is 0.250. The average molecular weight is 370 g/mol. The number of anilines is 1. The van der Waals surface area contributed by atoms with E-state index in [2.05, 4.69) is 9.71 Å². The molecule has 136 valence electrons. The molecular weight excluding hydrogens is 348 g/mol. The highest BCUT2D eigenvalue weighted by atomic mass is 32.2. The number of pyridine rings is 1. The van der Waals surface area contributed by atoms with Crippen molar-refractivity contribution in [2.24, 2.45) is 0 Å². The lowest BCUT2D eigenvalue weighted by molar-refractivity contribution is 0.468. The highest BCUT2D eigenvalue weighted by Gasteiger charge is 2.10. The van der Waals surface area contributed by atoms with Crippen LogP contribution in [0.25, 0.3) is 10.8 Å². The molecule has 0 amide bonds. The van der Waals surface area contributed by atoms with E-state index in [0.29, 0.717) is 23.7 Å². The Morgan fingerprint density at radius 2 is 1.81 bits per heavy atom. The lowest BCUT2D eigenvalue weighted by atomic mass is 10.1. The second-order valence-corrected chi connectivity index (χ2v) is 7.93. The van der Waals surface area contributed by atoms with E-state index in [4.69, 9.17) is 4.74 Å². The zero-order valence-corrected chi connectivity index (χ0v) is 15.5. The van der Waals surface area contributed by atoms with Gasteiger partial charge in [-0.15, -0.1) is 0 Å². The van der Waals surface area contributed by atoms with Crippen LogP contribution in [0.15, 0.2) is 60.8 Å². The van der Waals surface area contributed by atoms with Crippen molar-refractivity contribution < 1.29 is 13.2 Å². The molecule has 0 aliphatic rings. The van der Waals surface area contributed by atoms with Crippen LogP contribution in [0.5, 0.6) is 11.6 Å². The number of sulfonamides is 1. The molecule has 3 rings (SSSR count). The minimum atomic E-state index is -3.34. The SMILES string of the molecule is CCCCCS(=O)(=O)Nc1ccc(Oc2cccc3ccccc23)nc1. The Kier molecular flexibility index (Phi) is 5.73. The van der Waals surface area contributed by atoms with Gasteiger partial charge in [-0.25, -0.2) is 13.4 Å². The molecule has 0 unspecified atom stereocenters. The lowest BCUT2D eigenvalue weighted by Crippen LogP contribution is -2.16. The summed E-state index contributed by atoms with van der Waals surface area (Å²) in [6, 6.07) is 17.1. The number of aromatic nitrogens is 1. The highest BCUT2D eigenvalue weighted by Crippen LogP contribution is 2.29. The Morgan fingerprint density at radius 3 is 2.58 bits per heavy atom. The number of rotatable bonds is 8. The van der Waals surface area contributed by atoms with Crippen LogP contribution in [-0.4, -0.2) is 19.2 Å². The molecule has 6 heteroatoms. The van der Waals surface area contributed by atoms with Crippen molar-refractivity contribution >= 4 is 26.5 Å². The predicted molar refractivity (Wildman–Crippen MR) is 105 cm³/mol. The van der Waals surface area contributed by atoms with Crippen molar-refractivity contribution in [2.45, 2.75) is 26.2 Å². The van der Waals surface area contributed by atoms with Gasteiger partial charge in [-0.05, 0) is 23.9 Å². The molecule has 0 spiro atoms. The first-order valence-electron chi connectivity index (χ1n) is 8.69. The molecule has 0 bridgehead atoms. The van der Waals surface area contributed by atoms with Gasteiger partial charge in [0.15, 0.2) is 0 Å². The van der Waals surface area contributed by atoms with Crippen molar-refractivity contribution in [3.05, 3.63) is 60.8 Å². The normalized spacial score (nSPS) is 11.4. The van der Waals surface area contributed by atoms with E-state index in [0.717, 1.165) is 23.6 Å². The van der Waals surface area contributed by atoms with E-state index in [-0.39, 0.29) is 5.75 Å². The highest BCUT2D eigenvalue weighted by molar-refractivity contribution is 7.92. The van der Waals surface area contributed by atoms with Gasteiger partial charge in [-0.2, -0.15) is 0 Å². The van der Waals surface area contributed by atoms with Gasteiger partial charge in [0.05, 0.1) is 17.6 Å². The Hall–Kier alpha value is -2.60. The van der Waals surface area contributed by atoms with Crippen molar-refractivity contribution in [3.8, 4) is 11.6 Å². The molecule has 26 heavy (non-hydrogen) atoms. The van der Waals surface area contributed by atoms with Gasteiger partial charge in [0.2, 0.25) is 15.9 Å². The van der Waals surface area contributed by atoms with E-state index in [1.54, 1.807) is 12.1 Å². The van der Waals surface area contributed by atoms with Crippen LogP contribution in [0.2, 0.25) is 0 Å². The second kappa shape index (κ2) is 8.19. The van der Waals surface area contributed by atoms with E-state index in [1.165, 1.54) is 6.20 Å². The maximum absolute atomic E-state index is 12.0. The van der Waals surface area contributed by atoms with Crippen molar-refractivity contribution in [1.29, 1.82) is 0 Å². The van der Waals surface area contributed by atoms with Gasteiger partial charge >= 0.3 is 0 Å². The third-order valence-electron chi connectivity index (χ3n) is 3.99. The van der Waals surface area contributed by atoms with Crippen LogP contribution in [-0.2, 0) is 10.0 Å². The zero-order chi connectivity index (χ0) is 18.4. The van der Waals surface area contributed by atoms with E-state index in [1.807, 2.05) is 49.4 Å². The first kappa shape index (κ1) is 18.2. The average Bonchev–Trinajstić information content (AvgIpc) is 2.63. The molecule has 0 atom stereocenters. The van der Waals surface area contributed by atoms with Gasteiger partial charge < -0.3 is 4.74 Å². The molecule has 0 aliphatic carbocycles. The Morgan fingerprint density at radius 1 is 1.00 bits per heavy atom. The number of fused-ring (bicyclic) bond motifs is 1. The Bertz CT molecular complexity index is 965. The summed E-state index contributed by atoms with van der Waals surface area (Å²) in [5.41, 5.74) is 0.437. The summed E-state index contributed by atoms with van der Waals surface area (Å²) >= 11 is 0. The smallest absolute Gasteiger partial charge is 0.232 e. The molecular formula is C20H22N2O3S. The number of unbranched alkanes of at least 4 members (excludes halogenated alkanes) is 2. The largest absolute Gasteiger partial charge is 0.438 e. The van der Waals surface area contributed by atoms with E-state index < -0.39 is 10.0 Å². The van der Waals surface area contributed by atoms with Crippen LogP contribution in [0.4, 0.5) is 5.69 Å². The zero-order valence-electron chi connectivity index (χ0n) is 14.7. The van der Waals surface area contributed by atoms with Gasteiger partial charge in [-0.1, -0.05) is 56.2 Å². The number of hydrogen-bond donors (Lipinski definition) is 1. The van der Waals surface area contributed by atoms with Gasteiger partial charge in [0.25, 0.3) is 0 Å². The Labute approximate surface area is 154 Å². The van der Waals surface area contributed by atoms with Crippen molar-refractivity contribution in [1.82, 2.24) is 4.98 Å². The lowest BCUT2D eigenvalue weighted by Gasteiger charge is -2.10. The van der Waals surface area contributed by atoms with Crippen LogP contribution in [0.1, 0.15) is 26.2 Å². The fourth-order valence-electron chi connectivity index (χ4n) is 2.67. The maximum atomic E-state index is 12.0. The van der Waals surface area contributed by atoms with Gasteiger partial charge in [-0.3, -0.25) is 4.72 Å². The van der Waals surface area contributed by atoms with Crippen LogP contribution in [0, 0.1) is 0 Å². The first-order chi connectivity index (χ1) is 12.6. The quantitative estimate of drug-likeness (QED) is 0.569. The molecule has 0 fully saturated rings. The summed E-state index contributed by atoms with van der Waals surface area (Å²) in [6.07, 6.45) is 4.01. The molecule has 5 nitrogen and oxygen atoms in total. The molecule has 0 saturated carbocycles. The third-order valence-corrected chi connectivity index (χ3v) is 5.36. The topological polar surface area (TPSA) is 68.3 Å².